The number of benzene rings is 1. The Labute approximate surface area is 113 Å². The van der Waals surface area contributed by atoms with Gasteiger partial charge in [-0.25, -0.2) is 4.98 Å². The molecule has 0 aliphatic heterocycles. The van der Waals surface area contributed by atoms with E-state index in [1.807, 2.05) is 5.38 Å². The Morgan fingerprint density at radius 2 is 2.00 bits per heavy atom. The highest BCUT2D eigenvalue weighted by atomic mass is 79.9. The lowest BCUT2D eigenvalue weighted by Gasteiger charge is -2.15. The molecule has 1 aromatic carbocycles. The number of nitrogens with zero attached hydrogens (tertiary/aromatic N) is 2. The van der Waals surface area contributed by atoms with E-state index in [2.05, 4.69) is 57.1 Å². The van der Waals surface area contributed by atoms with Crippen LogP contribution in [-0.2, 0) is 13.1 Å². The van der Waals surface area contributed by atoms with Gasteiger partial charge in [0.1, 0.15) is 0 Å². The van der Waals surface area contributed by atoms with Crippen molar-refractivity contribution in [3.63, 3.8) is 0 Å². The van der Waals surface area contributed by atoms with Gasteiger partial charge in [-0.05, 0) is 24.7 Å². The Morgan fingerprint density at radius 1 is 1.29 bits per heavy atom. The molecule has 90 valence electrons. The summed E-state index contributed by atoms with van der Waals surface area (Å²) in [6, 6.07) is 8.36. The standard InChI is InChI=1S/C12H14BrN3S/c1-16(7-11-8-17-12(14)15-11)6-9-2-4-10(13)5-3-9/h2-5,8H,6-7H2,1H3,(H2,14,15). The first-order valence-electron chi connectivity index (χ1n) is 5.26. The average Bonchev–Trinajstić information content (AvgIpc) is 2.67. The highest BCUT2D eigenvalue weighted by molar-refractivity contribution is 9.10. The first kappa shape index (κ1) is 12.5. The Bertz CT molecular complexity index is 481. The summed E-state index contributed by atoms with van der Waals surface area (Å²) < 4.78 is 1.11. The first-order chi connectivity index (χ1) is 8.13. The summed E-state index contributed by atoms with van der Waals surface area (Å²) in [6.07, 6.45) is 0. The Morgan fingerprint density at radius 3 is 2.59 bits per heavy atom. The maximum Gasteiger partial charge on any atom is 0.180 e. The third kappa shape index (κ3) is 3.80. The van der Waals surface area contributed by atoms with Crippen LogP contribution in [-0.4, -0.2) is 16.9 Å². The summed E-state index contributed by atoms with van der Waals surface area (Å²) in [6.45, 7) is 1.73. The average molecular weight is 312 g/mol. The van der Waals surface area contributed by atoms with Gasteiger partial charge < -0.3 is 5.73 Å². The van der Waals surface area contributed by atoms with Crippen molar-refractivity contribution in [1.82, 2.24) is 9.88 Å². The summed E-state index contributed by atoms with van der Waals surface area (Å²) >= 11 is 4.92. The summed E-state index contributed by atoms with van der Waals surface area (Å²) in [5.41, 5.74) is 7.93. The van der Waals surface area contributed by atoms with Crippen LogP contribution in [0.25, 0.3) is 0 Å². The van der Waals surface area contributed by atoms with Gasteiger partial charge >= 0.3 is 0 Å². The normalized spacial score (nSPS) is 11.0. The van der Waals surface area contributed by atoms with Crippen molar-refractivity contribution < 1.29 is 0 Å². The van der Waals surface area contributed by atoms with Crippen LogP contribution in [0, 0.1) is 0 Å². The van der Waals surface area contributed by atoms with Crippen LogP contribution < -0.4 is 5.73 Å². The number of hydrogen-bond donors (Lipinski definition) is 1. The molecule has 1 aromatic heterocycles. The Hall–Kier alpha value is -0.910. The molecule has 5 heteroatoms. The van der Waals surface area contributed by atoms with Gasteiger partial charge in [0.05, 0.1) is 5.69 Å². The van der Waals surface area contributed by atoms with Gasteiger partial charge in [0.2, 0.25) is 0 Å². The molecule has 0 aliphatic rings. The second kappa shape index (κ2) is 5.62. The van der Waals surface area contributed by atoms with Crippen molar-refractivity contribution >= 4 is 32.4 Å². The zero-order valence-corrected chi connectivity index (χ0v) is 12.0. The number of nitrogens with two attached hydrogens (primary N) is 1. The van der Waals surface area contributed by atoms with Crippen LogP contribution in [0.5, 0.6) is 0 Å². The van der Waals surface area contributed by atoms with E-state index in [4.69, 9.17) is 5.73 Å². The molecule has 0 bridgehead atoms. The minimum absolute atomic E-state index is 0.636. The summed E-state index contributed by atoms with van der Waals surface area (Å²) in [5.74, 6) is 0. The summed E-state index contributed by atoms with van der Waals surface area (Å²) in [5, 5.41) is 2.64. The van der Waals surface area contributed by atoms with Crippen molar-refractivity contribution in [3.05, 3.63) is 45.4 Å². The van der Waals surface area contributed by atoms with Gasteiger partial charge in [-0.2, -0.15) is 0 Å². The van der Waals surface area contributed by atoms with Crippen LogP contribution in [0.3, 0.4) is 0 Å². The third-order valence-corrected chi connectivity index (χ3v) is 3.62. The van der Waals surface area contributed by atoms with E-state index in [-0.39, 0.29) is 0 Å². The molecule has 2 N–H and O–H groups in total. The quantitative estimate of drug-likeness (QED) is 0.943. The highest BCUT2D eigenvalue weighted by Crippen LogP contribution is 2.15. The van der Waals surface area contributed by atoms with Crippen LogP contribution in [0.1, 0.15) is 11.3 Å². The SMILES string of the molecule is CN(Cc1ccc(Br)cc1)Cc1csc(N)n1. The van der Waals surface area contributed by atoms with Crippen molar-refractivity contribution in [1.29, 1.82) is 0 Å². The van der Waals surface area contributed by atoms with Gasteiger partial charge in [0.15, 0.2) is 5.13 Å². The molecule has 0 unspecified atom stereocenters. The topological polar surface area (TPSA) is 42.1 Å². The monoisotopic (exact) mass is 311 g/mol. The third-order valence-electron chi connectivity index (χ3n) is 2.37. The number of anilines is 1. The lowest BCUT2D eigenvalue weighted by molar-refractivity contribution is 0.316. The van der Waals surface area contributed by atoms with E-state index in [0.717, 1.165) is 23.3 Å². The minimum Gasteiger partial charge on any atom is -0.375 e. The number of rotatable bonds is 4. The molecule has 0 atom stereocenters. The Kier molecular flexibility index (Phi) is 4.15. The zero-order chi connectivity index (χ0) is 12.3. The van der Waals surface area contributed by atoms with Crippen LogP contribution in [0.2, 0.25) is 0 Å². The molecule has 0 radical (unpaired) electrons. The molecule has 0 spiro atoms. The van der Waals surface area contributed by atoms with E-state index >= 15 is 0 Å². The van der Waals surface area contributed by atoms with Crippen LogP contribution in [0.15, 0.2) is 34.1 Å². The molecule has 17 heavy (non-hydrogen) atoms. The molecular weight excluding hydrogens is 298 g/mol. The van der Waals surface area contributed by atoms with E-state index in [1.165, 1.54) is 16.9 Å². The summed E-state index contributed by atoms with van der Waals surface area (Å²) in [7, 11) is 2.08. The maximum atomic E-state index is 5.61. The second-order valence-electron chi connectivity index (χ2n) is 3.98. The number of hydrogen-bond acceptors (Lipinski definition) is 4. The highest BCUT2D eigenvalue weighted by Gasteiger charge is 2.04. The van der Waals surface area contributed by atoms with Crippen molar-refractivity contribution in [2.45, 2.75) is 13.1 Å². The zero-order valence-electron chi connectivity index (χ0n) is 9.56. The smallest absolute Gasteiger partial charge is 0.180 e. The van der Waals surface area contributed by atoms with E-state index < -0.39 is 0 Å². The first-order valence-corrected chi connectivity index (χ1v) is 6.93. The Balaban J connectivity index is 1.93. The fraction of sp³-hybridized carbons (Fsp3) is 0.250. The fourth-order valence-electron chi connectivity index (χ4n) is 1.63. The van der Waals surface area contributed by atoms with Gasteiger partial charge in [-0.1, -0.05) is 28.1 Å². The van der Waals surface area contributed by atoms with Crippen molar-refractivity contribution in [3.8, 4) is 0 Å². The molecule has 1 heterocycles. The number of halogens is 1. The predicted octanol–water partition coefficient (Wildman–Crippen LogP) is 3.12. The summed E-state index contributed by atoms with van der Waals surface area (Å²) in [4.78, 5) is 6.47. The molecule has 0 saturated heterocycles. The molecule has 3 nitrogen and oxygen atoms in total. The molecule has 2 rings (SSSR count). The molecular formula is C12H14BrN3S. The second-order valence-corrected chi connectivity index (χ2v) is 5.78. The van der Waals surface area contributed by atoms with E-state index in [0.29, 0.717) is 5.13 Å². The molecule has 0 amide bonds. The number of thiazole rings is 1. The number of aromatic nitrogens is 1. The van der Waals surface area contributed by atoms with Crippen LogP contribution in [0.4, 0.5) is 5.13 Å². The maximum absolute atomic E-state index is 5.61. The lowest BCUT2D eigenvalue weighted by Crippen LogP contribution is -2.17. The van der Waals surface area contributed by atoms with Gasteiger partial charge in [0.25, 0.3) is 0 Å². The van der Waals surface area contributed by atoms with Crippen LogP contribution >= 0.6 is 27.3 Å². The van der Waals surface area contributed by atoms with Gasteiger partial charge in [-0.3, -0.25) is 4.90 Å². The van der Waals surface area contributed by atoms with E-state index in [9.17, 15) is 0 Å². The van der Waals surface area contributed by atoms with E-state index in [1.54, 1.807) is 0 Å². The largest absolute Gasteiger partial charge is 0.375 e. The lowest BCUT2D eigenvalue weighted by atomic mass is 10.2. The predicted molar refractivity (Wildman–Crippen MR) is 75.8 cm³/mol. The molecule has 2 aromatic rings. The van der Waals surface area contributed by atoms with Gasteiger partial charge in [0, 0.05) is 22.9 Å². The molecule has 0 saturated carbocycles. The molecule has 0 fully saturated rings. The molecule has 0 aliphatic carbocycles. The van der Waals surface area contributed by atoms with Gasteiger partial charge in [-0.15, -0.1) is 11.3 Å². The minimum atomic E-state index is 0.636. The number of nitrogen functional groups attached to an aromatic ring is 1. The fourth-order valence-corrected chi connectivity index (χ4v) is 2.45. The van der Waals surface area contributed by atoms with Crippen molar-refractivity contribution in [2.75, 3.05) is 12.8 Å². The van der Waals surface area contributed by atoms with Crippen molar-refractivity contribution in [2.24, 2.45) is 0 Å².